The molecule has 2 N–H and O–H groups in total. The average molecular weight is 269 g/mol. The molecule has 98 valence electrons. The molecule has 8 heteroatoms. The predicted molar refractivity (Wildman–Crippen MR) is 58.9 cm³/mol. The summed E-state index contributed by atoms with van der Waals surface area (Å²) in [7, 11) is 0. The summed E-state index contributed by atoms with van der Waals surface area (Å²) < 4.78 is 36.7. The molecule has 0 aliphatic heterocycles. The van der Waals surface area contributed by atoms with E-state index in [0.29, 0.717) is 24.3 Å². The summed E-state index contributed by atoms with van der Waals surface area (Å²) in [6.45, 7) is 4.02. The summed E-state index contributed by atoms with van der Waals surface area (Å²) in [6, 6.07) is 0. The van der Waals surface area contributed by atoms with E-state index in [0.717, 1.165) is 0 Å². The van der Waals surface area contributed by atoms with Crippen molar-refractivity contribution in [2.45, 2.75) is 32.5 Å². The number of aliphatic hydroxyl groups is 1. The fourth-order valence-corrected chi connectivity index (χ4v) is 1.95. The lowest BCUT2D eigenvalue weighted by Crippen LogP contribution is -2.16. The van der Waals surface area contributed by atoms with Crippen LogP contribution >= 0.6 is 11.3 Å². The standard InChI is InChI=1S/C9H14F3N3OS/c1-5(3-6(2)16)4-13-8-15-14-7(17-8)9(10,11)12/h5-6,16H,3-4H2,1-2H3,(H,13,15). The van der Waals surface area contributed by atoms with Gasteiger partial charge < -0.3 is 10.4 Å². The second-order valence-electron chi connectivity index (χ2n) is 3.98. The molecule has 0 saturated carbocycles. The molecule has 0 fully saturated rings. The smallest absolute Gasteiger partial charge is 0.393 e. The van der Waals surface area contributed by atoms with E-state index >= 15 is 0 Å². The molecular formula is C9H14F3N3OS. The minimum Gasteiger partial charge on any atom is -0.393 e. The monoisotopic (exact) mass is 269 g/mol. The molecule has 0 aliphatic rings. The Kier molecular flexibility index (Phi) is 4.70. The van der Waals surface area contributed by atoms with E-state index < -0.39 is 17.3 Å². The van der Waals surface area contributed by atoms with Crippen LogP contribution in [0.3, 0.4) is 0 Å². The highest BCUT2D eigenvalue weighted by molar-refractivity contribution is 7.15. The summed E-state index contributed by atoms with van der Waals surface area (Å²) in [5.41, 5.74) is 0. The van der Waals surface area contributed by atoms with Gasteiger partial charge in [-0.1, -0.05) is 18.3 Å². The molecule has 0 bridgehead atoms. The first-order valence-electron chi connectivity index (χ1n) is 5.11. The molecule has 0 amide bonds. The number of rotatable bonds is 5. The van der Waals surface area contributed by atoms with Gasteiger partial charge in [-0.05, 0) is 19.3 Å². The highest BCUT2D eigenvalue weighted by atomic mass is 32.1. The Morgan fingerprint density at radius 3 is 2.47 bits per heavy atom. The quantitative estimate of drug-likeness (QED) is 0.861. The van der Waals surface area contributed by atoms with Crippen molar-refractivity contribution in [1.29, 1.82) is 0 Å². The highest BCUT2D eigenvalue weighted by Gasteiger charge is 2.35. The van der Waals surface area contributed by atoms with Gasteiger partial charge in [0.15, 0.2) is 0 Å². The maximum Gasteiger partial charge on any atom is 0.445 e. The van der Waals surface area contributed by atoms with Crippen molar-refractivity contribution in [3.8, 4) is 0 Å². The molecule has 17 heavy (non-hydrogen) atoms. The van der Waals surface area contributed by atoms with Gasteiger partial charge in [-0.3, -0.25) is 0 Å². The number of anilines is 1. The molecule has 4 nitrogen and oxygen atoms in total. The number of hydrogen-bond acceptors (Lipinski definition) is 5. The van der Waals surface area contributed by atoms with Crippen LogP contribution in [0.1, 0.15) is 25.3 Å². The molecule has 0 radical (unpaired) electrons. The van der Waals surface area contributed by atoms with Crippen LogP contribution < -0.4 is 5.32 Å². The van der Waals surface area contributed by atoms with Crippen LogP contribution in [0.25, 0.3) is 0 Å². The average Bonchev–Trinajstić information content (AvgIpc) is 2.61. The zero-order valence-electron chi connectivity index (χ0n) is 9.45. The van der Waals surface area contributed by atoms with E-state index in [2.05, 4.69) is 15.5 Å². The Morgan fingerprint density at radius 2 is 2.00 bits per heavy atom. The largest absolute Gasteiger partial charge is 0.445 e. The molecule has 2 unspecified atom stereocenters. The molecule has 0 saturated heterocycles. The van der Waals surface area contributed by atoms with E-state index in [9.17, 15) is 13.2 Å². The zero-order chi connectivity index (χ0) is 13.1. The molecule has 1 rings (SSSR count). The zero-order valence-corrected chi connectivity index (χ0v) is 10.3. The third-order valence-corrected chi connectivity index (χ3v) is 2.94. The number of hydrogen-bond donors (Lipinski definition) is 2. The van der Waals surface area contributed by atoms with Crippen LogP contribution in [0.5, 0.6) is 0 Å². The molecule has 1 aromatic rings. The van der Waals surface area contributed by atoms with Crippen LogP contribution in [0, 0.1) is 5.92 Å². The number of alkyl halides is 3. The topological polar surface area (TPSA) is 58.0 Å². The Bertz CT molecular complexity index is 354. The molecule has 2 atom stereocenters. The first-order chi connectivity index (χ1) is 7.79. The lowest BCUT2D eigenvalue weighted by Gasteiger charge is -2.13. The highest BCUT2D eigenvalue weighted by Crippen LogP contribution is 2.33. The molecule has 0 aliphatic carbocycles. The van der Waals surface area contributed by atoms with Crippen LogP contribution in [0.15, 0.2) is 0 Å². The van der Waals surface area contributed by atoms with E-state index in [1.54, 1.807) is 6.92 Å². The van der Waals surface area contributed by atoms with Gasteiger partial charge in [0, 0.05) is 6.54 Å². The second-order valence-corrected chi connectivity index (χ2v) is 4.96. The van der Waals surface area contributed by atoms with Gasteiger partial charge in [-0.2, -0.15) is 13.2 Å². The first kappa shape index (κ1) is 14.2. The fraction of sp³-hybridized carbons (Fsp3) is 0.778. The van der Waals surface area contributed by atoms with E-state index in [1.165, 1.54) is 0 Å². The lowest BCUT2D eigenvalue weighted by molar-refractivity contribution is -0.138. The number of aliphatic hydroxyl groups excluding tert-OH is 1. The van der Waals surface area contributed by atoms with Crippen LogP contribution in [0.2, 0.25) is 0 Å². The second kappa shape index (κ2) is 5.63. The van der Waals surface area contributed by atoms with E-state index in [-0.39, 0.29) is 11.0 Å². The molecular weight excluding hydrogens is 255 g/mol. The minimum atomic E-state index is -4.44. The summed E-state index contributed by atoms with van der Waals surface area (Å²) >= 11 is 0.480. The Balaban J connectivity index is 2.45. The molecule has 0 aromatic carbocycles. The lowest BCUT2D eigenvalue weighted by atomic mass is 10.1. The fourth-order valence-electron chi connectivity index (χ4n) is 1.34. The summed E-state index contributed by atoms with van der Waals surface area (Å²) in [4.78, 5) is 0. The number of nitrogens with one attached hydrogen (secondary N) is 1. The Morgan fingerprint density at radius 1 is 1.35 bits per heavy atom. The van der Waals surface area contributed by atoms with Gasteiger partial charge in [0.2, 0.25) is 10.1 Å². The van der Waals surface area contributed by atoms with Crippen LogP contribution in [-0.4, -0.2) is 28.0 Å². The maximum atomic E-state index is 12.2. The van der Waals surface area contributed by atoms with E-state index in [4.69, 9.17) is 5.11 Å². The SMILES string of the molecule is CC(O)CC(C)CNc1nnc(C(F)(F)F)s1. The van der Waals surface area contributed by atoms with Gasteiger partial charge in [0.05, 0.1) is 6.10 Å². The van der Waals surface area contributed by atoms with Gasteiger partial charge in [-0.15, -0.1) is 10.2 Å². The van der Waals surface area contributed by atoms with Crippen LogP contribution in [0.4, 0.5) is 18.3 Å². The third kappa shape index (κ3) is 4.86. The van der Waals surface area contributed by atoms with Crippen molar-refractivity contribution >= 4 is 16.5 Å². The Labute approximate surface area is 101 Å². The normalized spacial score (nSPS) is 15.6. The van der Waals surface area contributed by atoms with Gasteiger partial charge in [0.25, 0.3) is 0 Å². The van der Waals surface area contributed by atoms with Crippen molar-refractivity contribution in [2.75, 3.05) is 11.9 Å². The van der Waals surface area contributed by atoms with Gasteiger partial charge >= 0.3 is 6.18 Å². The van der Waals surface area contributed by atoms with Crippen molar-refractivity contribution < 1.29 is 18.3 Å². The first-order valence-corrected chi connectivity index (χ1v) is 5.93. The van der Waals surface area contributed by atoms with E-state index in [1.807, 2.05) is 6.92 Å². The third-order valence-electron chi connectivity index (χ3n) is 2.01. The van der Waals surface area contributed by atoms with Gasteiger partial charge in [0.1, 0.15) is 0 Å². The summed E-state index contributed by atoms with van der Waals surface area (Å²) in [6.07, 6.45) is -4.28. The Hall–Kier alpha value is -0.890. The predicted octanol–water partition coefficient (Wildman–Crippen LogP) is 2.38. The van der Waals surface area contributed by atoms with Crippen molar-refractivity contribution in [2.24, 2.45) is 5.92 Å². The number of aromatic nitrogens is 2. The van der Waals surface area contributed by atoms with Crippen molar-refractivity contribution in [3.05, 3.63) is 5.01 Å². The van der Waals surface area contributed by atoms with Gasteiger partial charge in [-0.25, -0.2) is 0 Å². The minimum absolute atomic E-state index is 0.147. The summed E-state index contributed by atoms with van der Waals surface area (Å²) in [5, 5.41) is 17.6. The maximum absolute atomic E-state index is 12.2. The molecule has 1 heterocycles. The van der Waals surface area contributed by atoms with Crippen LogP contribution in [-0.2, 0) is 6.18 Å². The molecule has 1 aromatic heterocycles. The number of halogens is 3. The van der Waals surface area contributed by atoms with Crippen molar-refractivity contribution in [3.63, 3.8) is 0 Å². The van der Waals surface area contributed by atoms with Crippen molar-refractivity contribution in [1.82, 2.24) is 10.2 Å². The number of nitrogens with zero attached hydrogens (tertiary/aromatic N) is 2. The molecule has 0 spiro atoms. The summed E-state index contributed by atoms with van der Waals surface area (Å²) in [5.74, 6) is 0.147.